The van der Waals surface area contributed by atoms with Gasteiger partial charge in [0.15, 0.2) is 0 Å². The van der Waals surface area contributed by atoms with Gasteiger partial charge >= 0.3 is 0 Å². The van der Waals surface area contributed by atoms with Gasteiger partial charge in [0.2, 0.25) is 5.91 Å². The Kier molecular flexibility index (Phi) is 6.28. The normalized spacial score (nSPS) is 16.0. The van der Waals surface area contributed by atoms with E-state index in [1.54, 1.807) is 0 Å². The molecule has 2 aromatic heterocycles. The predicted molar refractivity (Wildman–Crippen MR) is 116 cm³/mol. The Morgan fingerprint density at radius 2 is 1.77 bits per heavy atom. The van der Waals surface area contributed by atoms with E-state index in [4.69, 9.17) is 0 Å². The zero-order chi connectivity index (χ0) is 20.9. The Labute approximate surface area is 178 Å². The first-order valence-corrected chi connectivity index (χ1v) is 10.7. The fraction of sp³-hybridized carbons (Fsp3) is 0.435. The number of benzene rings is 1. The summed E-state index contributed by atoms with van der Waals surface area (Å²) in [6, 6.07) is 10.6. The zero-order valence-corrected chi connectivity index (χ0v) is 17.8. The van der Waals surface area contributed by atoms with Crippen LogP contribution in [0.2, 0.25) is 0 Å². The number of hydrogen-bond acceptors (Lipinski definition) is 4. The van der Waals surface area contributed by atoms with Gasteiger partial charge in [-0.3, -0.25) is 9.69 Å². The van der Waals surface area contributed by atoms with Crippen molar-refractivity contribution in [2.45, 2.75) is 32.4 Å². The lowest BCUT2D eigenvalue weighted by atomic mass is 10.0. The van der Waals surface area contributed by atoms with E-state index in [9.17, 15) is 4.79 Å². The highest BCUT2D eigenvalue weighted by Gasteiger charge is 2.30. The molecule has 0 aliphatic carbocycles. The molecule has 1 atom stereocenters. The maximum atomic E-state index is 12.8. The second-order valence-electron chi connectivity index (χ2n) is 7.77. The van der Waals surface area contributed by atoms with Crippen molar-refractivity contribution in [3.05, 3.63) is 72.3 Å². The lowest BCUT2D eigenvalue weighted by molar-refractivity contribution is -0.133. The van der Waals surface area contributed by atoms with Crippen LogP contribution in [0.3, 0.4) is 0 Å². The van der Waals surface area contributed by atoms with Crippen molar-refractivity contribution >= 4 is 5.91 Å². The van der Waals surface area contributed by atoms with E-state index in [1.807, 2.05) is 42.8 Å². The van der Waals surface area contributed by atoms with Crippen molar-refractivity contribution in [2.24, 2.45) is 7.05 Å². The minimum atomic E-state index is 0.0986. The maximum absolute atomic E-state index is 12.8. The van der Waals surface area contributed by atoms with Crippen LogP contribution < -0.4 is 0 Å². The molecule has 7 nitrogen and oxygen atoms in total. The molecule has 0 spiro atoms. The number of rotatable bonds is 7. The summed E-state index contributed by atoms with van der Waals surface area (Å²) in [4.78, 5) is 26.2. The van der Waals surface area contributed by atoms with Gasteiger partial charge in [0.1, 0.15) is 11.6 Å². The molecule has 158 valence electrons. The number of piperazine rings is 1. The highest BCUT2D eigenvalue weighted by Crippen LogP contribution is 2.28. The third kappa shape index (κ3) is 4.31. The van der Waals surface area contributed by atoms with Crippen LogP contribution in [-0.2, 0) is 24.8 Å². The van der Waals surface area contributed by atoms with Gasteiger partial charge in [-0.05, 0) is 5.56 Å². The number of amides is 1. The maximum Gasteiger partial charge on any atom is 0.224 e. The summed E-state index contributed by atoms with van der Waals surface area (Å²) in [6.45, 7) is 5.95. The SMILES string of the molecule is CCc1nccn1CCC(=O)N1CCN(C(c2ccccc2)c2nccn2C)CC1. The van der Waals surface area contributed by atoms with Gasteiger partial charge in [-0.1, -0.05) is 37.3 Å². The number of imidazole rings is 2. The first kappa shape index (κ1) is 20.3. The van der Waals surface area contributed by atoms with Gasteiger partial charge in [0, 0.05) is 77.4 Å². The largest absolute Gasteiger partial charge is 0.340 e. The van der Waals surface area contributed by atoms with Crippen molar-refractivity contribution in [3.63, 3.8) is 0 Å². The van der Waals surface area contributed by atoms with Gasteiger partial charge < -0.3 is 14.0 Å². The molecule has 0 bridgehead atoms. The van der Waals surface area contributed by atoms with Crippen LogP contribution in [0.25, 0.3) is 0 Å². The minimum absolute atomic E-state index is 0.0986. The highest BCUT2D eigenvalue weighted by atomic mass is 16.2. The Morgan fingerprint density at radius 3 is 2.43 bits per heavy atom. The number of aryl methyl sites for hydroxylation is 3. The molecule has 4 rings (SSSR count). The average molecular weight is 407 g/mol. The molecule has 1 saturated heterocycles. The van der Waals surface area contributed by atoms with E-state index in [0.717, 1.165) is 44.2 Å². The van der Waals surface area contributed by atoms with Crippen LogP contribution in [0.1, 0.15) is 36.6 Å². The van der Waals surface area contributed by atoms with Crippen molar-refractivity contribution in [1.82, 2.24) is 28.9 Å². The van der Waals surface area contributed by atoms with Crippen LogP contribution in [-0.4, -0.2) is 61.0 Å². The summed E-state index contributed by atoms with van der Waals surface area (Å²) in [6.07, 6.45) is 9.01. The lowest BCUT2D eigenvalue weighted by Gasteiger charge is -2.39. The van der Waals surface area contributed by atoms with E-state index < -0.39 is 0 Å². The third-order valence-electron chi connectivity index (χ3n) is 5.93. The first-order chi connectivity index (χ1) is 14.7. The van der Waals surface area contributed by atoms with Gasteiger partial charge in [-0.25, -0.2) is 9.97 Å². The molecule has 1 fully saturated rings. The van der Waals surface area contributed by atoms with E-state index >= 15 is 0 Å². The molecule has 1 aliphatic heterocycles. The topological polar surface area (TPSA) is 59.2 Å². The molecule has 0 N–H and O–H groups in total. The summed E-state index contributed by atoms with van der Waals surface area (Å²) >= 11 is 0. The summed E-state index contributed by atoms with van der Waals surface area (Å²) in [5.74, 6) is 2.29. The van der Waals surface area contributed by atoms with Crippen molar-refractivity contribution < 1.29 is 4.79 Å². The average Bonchev–Trinajstić information content (AvgIpc) is 3.42. The third-order valence-corrected chi connectivity index (χ3v) is 5.93. The molecule has 1 unspecified atom stereocenters. The van der Waals surface area contributed by atoms with Gasteiger partial charge in [0.05, 0.1) is 6.04 Å². The predicted octanol–water partition coefficient (Wildman–Crippen LogP) is 2.50. The van der Waals surface area contributed by atoms with Crippen LogP contribution >= 0.6 is 0 Å². The number of carbonyl (C=O) groups excluding carboxylic acids is 1. The summed E-state index contributed by atoms with van der Waals surface area (Å²) in [5, 5.41) is 0. The highest BCUT2D eigenvalue weighted by molar-refractivity contribution is 5.76. The molecular formula is C23H30N6O. The summed E-state index contributed by atoms with van der Waals surface area (Å²) in [5.41, 5.74) is 1.23. The molecule has 1 aliphatic rings. The van der Waals surface area contributed by atoms with Crippen LogP contribution in [0.4, 0.5) is 0 Å². The second-order valence-corrected chi connectivity index (χ2v) is 7.77. The Morgan fingerprint density at radius 1 is 1.03 bits per heavy atom. The second kappa shape index (κ2) is 9.26. The quantitative estimate of drug-likeness (QED) is 0.605. The standard InChI is InChI=1S/C23H30N6O/c1-3-20-24-11-14-27(20)12-9-21(30)28-15-17-29(18-16-28)22(19-7-5-4-6-8-19)23-25-10-13-26(23)2/h4-8,10-11,13-14,22H,3,9,12,15-18H2,1-2H3. The monoisotopic (exact) mass is 406 g/mol. The molecule has 1 aromatic carbocycles. The molecule has 1 amide bonds. The number of aromatic nitrogens is 4. The van der Waals surface area contributed by atoms with Gasteiger partial charge in [-0.2, -0.15) is 0 Å². The Bertz CT molecular complexity index is 955. The molecule has 0 saturated carbocycles. The van der Waals surface area contributed by atoms with E-state index in [2.05, 4.69) is 55.2 Å². The van der Waals surface area contributed by atoms with Crippen molar-refractivity contribution in [2.75, 3.05) is 26.2 Å². The first-order valence-electron chi connectivity index (χ1n) is 10.7. The van der Waals surface area contributed by atoms with Gasteiger partial charge in [0.25, 0.3) is 0 Å². The van der Waals surface area contributed by atoms with E-state index in [-0.39, 0.29) is 11.9 Å². The molecular weight excluding hydrogens is 376 g/mol. The fourth-order valence-electron chi connectivity index (χ4n) is 4.26. The Balaban J connectivity index is 1.40. The van der Waals surface area contributed by atoms with Crippen molar-refractivity contribution in [1.29, 1.82) is 0 Å². The Hall–Kier alpha value is -2.93. The summed E-state index contributed by atoms with van der Waals surface area (Å²) in [7, 11) is 2.04. The lowest BCUT2D eigenvalue weighted by Crippen LogP contribution is -2.50. The van der Waals surface area contributed by atoms with Crippen LogP contribution in [0.15, 0.2) is 55.1 Å². The molecule has 7 heteroatoms. The van der Waals surface area contributed by atoms with Crippen LogP contribution in [0, 0.1) is 0 Å². The van der Waals surface area contributed by atoms with Crippen LogP contribution in [0.5, 0.6) is 0 Å². The smallest absolute Gasteiger partial charge is 0.224 e. The zero-order valence-electron chi connectivity index (χ0n) is 17.8. The van der Waals surface area contributed by atoms with Gasteiger partial charge in [-0.15, -0.1) is 0 Å². The minimum Gasteiger partial charge on any atom is -0.340 e. The number of carbonyl (C=O) groups is 1. The molecule has 0 radical (unpaired) electrons. The molecule has 3 heterocycles. The molecule has 30 heavy (non-hydrogen) atoms. The van der Waals surface area contributed by atoms with Crippen molar-refractivity contribution in [3.8, 4) is 0 Å². The van der Waals surface area contributed by atoms with E-state index in [1.165, 1.54) is 5.56 Å². The number of nitrogens with zero attached hydrogens (tertiary/aromatic N) is 6. The molecule has 3 aromatic rings. The number of hydrogen-bond donors (Lipinski definition) is 0. The fourth-order valence-corrected chi connectivity index (χ4v) is 4.26. The summed E-state index contributed by atoms with van der Waals surface area (Å²) < 4.78 is 4.17. The van der Waals surface area contributed by atoms with E-state index in [0.29, 0.717) is 13.0 Å².